The van der Waals surface area contributed by atoms with Crippen LogP contribution >= 0.6 is 0 Å². The molecule has 0 aliphatic heterocycles. The maximum atomic E-state index is 5.69. The van der Waals surface area contributed by atoms with Gasteiger partial charge in [-0.3, -0.25) is 0 Å². The predicted molar refractivity (Wildman–Crippen MR) is 89.5 cm³/mol. The molecule has 0 atom stereocenters. The molecule has 1 fully saturated rings. The van der Waals surface area contributed by atoms with Gasteiger partial charge >= 0.3 is 0 Å². The summed E-state index contributed by atoms with van der Waals surface area (Å²) in [5.41, 5.74) is 12.3. The third kappa shape index (κ3) is 3.27. The minimum atomic E-state index is 0.612. The zero-order valence-corrected chi connectivity index (χ0v) is 13.0. The van der Waals surface area contributed by atoms with Crippen LogP contribution in [0.3, 0.4) is 0 Å². The fourth-order valence-corrected chi connectivity index (χ4v) is 2.74. The zero-order chi connectivity index (χ0) is 14.8. The summed E-state index contributed by atoms with van der Waals surface area (Å²) >= 11 is 0. The van der Waals surface area contributed by atoms with Crippen molar-refractivity contribution in [3.63, 3.8) is 0 Å². The van der Waals surface area contributed by atoms with Gasteiger partial charge in [0, 0.05) is 24.8 Å². The van der Waals surface area contributed by atoms with Crippen molar-refractivity contribution in [2.75, 3.05) is 4.90 Å². The Morgan fingerprint density at radius 2 is 1.62 bits per heavy atom. The van der Waals surface area contributed by atoms with Crippen LogP contribution in [0, 0.1) is 13.8 Å². The summed E-state index contributed by atoms with van der Waals surface area (Å²) in [5, 5.41) is 0. The van der Waals surface area contributed by atoms with Crippen molar-refractivity contribution in [2.24, 2.45) is 5.73 Å². The molecule has 0 aromatic heterocycles. The van der Waals surface area contributed by atoms with Gasteiger partial charge in [-0.05, 0) is 61.1 Å². The largest absolute Gasteiger partial charge is 0.364 e. The summed E-state index contributed by atoms with van der Waals surface area (Å²) in [6, 6.07) is 16.2. The second-order valence-corrected chi connectivity index (χ2v) is 6.15. The highest BCUT2D eigenvalue weighted by Gasteiger charge is 2.29. The first kappa shape index (κ1) is 14.2. The van der Waals surface area contributed by atoms with E-state index in [1.807, 2.05) is 0 Å². The molecule has 0 amide bonds. The number of hydrogen-bond donors (Lipinski definition) is 1. The SMILES string of the molecule is Cc1ccc(CN(c2ccc(CN)cc2)C2CC2)cc1C. The highest BCUT2D eigenvalue weighted by molar-refractivity contribution is 5.50. The lowest BCUT2D eigenvalue weighted by Crippen LogP contribution is -2.25. The van der Waals surface area contributed by atoms with Crippen LogP contribution in [0.5, 0.6) is 0 Å². The molecule has 0 bridgehead atoms. The van der Waals surface area contributed by atoms with E-state index in [4.69, 9.17) is 5.73 Å². The molecule has 1 saturated carbocycles. The van der Waals surface area contributed by atoms with E-state index in [-0.39, 0.29) is 0 Å². The third-order valence-electron chi connectivity index (χ3n) is 4.42. The Bertz CT molecular complexity index is 612. The molecule has 2 heteroatoms. The van der Waals surface area contributed by atoms with E-state index in [0.717, 1.165) is 6.54 Å². The Morgan fingerprint density at radius 3 is 2.19 bits per heavy atom. The number of aryl methyl sites for hydroxylation is 2. The standard InChI is InChI=1S/C19H24N2/c1-14-3-4-17(11-15(14)2)13-21(19-9-10-19)18-7-5-16(12-20)6-8-18/h3-8,11,19H,9-10,12-13,20H2,1-2H3. The predicted octanol–water partition coefficient (Wildman–Crippen LogP) is 3.93. The van der Waals surface area contributed by atoms with Crippen LogP contribution in [0.15, 0.2) is 42.5 Å². The molecule has 0 heterocycles. The van der Waals surface area contributed by atoms with E-state index < -0.39 is 0 Å². The maximum absolute atomic E-state index is 5.69. The number of rotatable bonds is 5. The lowest BCUT2D eigenvalue weighted by atomic mass is 10.1. The quantitative estimate of drug-likeness (QED) is 0.899. The molecule has 21 heavy (non-hydrogen) atoms. The summed E-state index contributed by atoms with van der Waals surface area (Å²) in [7, 11) is 0. The van der Waals surface area contributed by atoms with Crippen LogP contribution < -0.4 is 10.6 Å². The molecule has 0 spiro atoms. The molecule has 2 N–H and O–H groups in total. The van der Waals surface area contributed by atoms with E-state index in [9.17, 15) is 0 Å². The smallest absolute Gasteiger partial charge is 0.0432 e. The normalized spacial score (nSPS) is 14.2. The minimum Gasteiger partial charge on any atom is -0.364 e. The minimum absolute atomic E-state index is 0.612. The monoisotopic (exact) mass is 280 g/mol. The third-order valence-corrected chi connectivity index (χ3v) is 4.42. The van der Waals surface area contributed by atoms with Crippen LogP contribution in [0.2, 0.25) is 0 Å². The first-order chi connectivity index (χ1) is 10.2. The van der Waals surface area contributed by atoms with Crippen LogP contribution in [0.4, 0.5) is 5.69 Å². The van der Waals surface area contributed by atoms with Gasteiger partial charge in [-0.25, -0.2) is 0 Å². The molecule has 0 radical (unpaired) electrons. The molecule has 1 aliphatic rings. The molecule has 0 unspecified atom stereocenters. The molecule has 2 aromatic rings. The van der Waals surface area contributed by atoms with Crippen LogP contribution in [-0.4, -0.2) is 6.04 Å². The molecular weight excluding hydrogens is 256 g/mol. The van der Waals surface area contributed by atoms with Gasteiger partial charge < -0.3 is 10.6 Å². The van der Waals surface area contributed by atoms with Crippen molar-refractivity contribution in [2.45, 2.75) is 45.8 Å². The number of nitrogens with zero attached hydrogens (tertiary/aromatic N) is 1. The van der Waals surface area contributed by atoms with Crippen molar-refractivity contribution in [3.8, 4) is 0 Å². The van der Waals surface area contributed by atoms with Crippen molar-refractivity contribution in [1.29, 1.82) is 0 Å². The molecule has 0 saturated heterocycles. The fourth-order valence-electron chi connectivity index (χ4n) is 2.74. The number of anilines is 1. The fraction of sp³-hybridized carbons (Fsp3) is 0.368. The Morgan fingerprint density at radius 1 is 0.952 bits per heavy atom. The van der Waals surface area contributed by atoms with E-state index in [0.29, 0.717) is 12.6 Å². The number of benzene rings is 2. The second kappa shape index (κ2) is 5.90. The lowest BCUT2D eigenvalue weighted by Gasteiger charge is -2.25. The second-order valence-electron chi connectivity index (χ2n) is 6.15. The highest BCUT2D eigenvalue weighted by atomic mass is 15.2. The Kier molecular flexibility index (Phi) is 3.98. The summed E-state index contributed by atoms with van der Waals surface area (Å²) in [6.45, 7) is 5.97. The summed E-state index contributed by atoms with van der Waals surface area (Å²) in [4.78, 5) is 2.53. The van der Waals surface area contributed by atoms with Gasteiger partial charge in [-0.15, -0.1) is 0 Å². The van der Waals surface area contributed by atoms with Crippen molar-refractivity contribution < 1.29 is 0 Å². The Balaban J connectivity index is 1.82. The van der Waals surface area contributed by atoms with Gasteiger partial charge in [0.25, 0.3) is 0 Å². The zero-order valence-electron chi connectivity index (χ0n) is 13.0. The van der Waals surface area contributed by atoms with Gasteiger partial charge in [0.15, 0.2) is 0 Å². The first-order valence-electron chi connectivity index (χ1n) is 7.79. The van der Waals surface area contributed by atoms with Gasteiger partial charge in [0.1, 0.15) is 0 Å². The Labute approximate surface area is 127 Å². The lowest BCUT2D eigenvalue weighted by molar-refractivity contribution is 0.793. The molecule has 2 aromatic carbocycles. The average molecular weight is 280 g/mol. The van der Waals surface area contributed by atoms with Crippen molar-refractivity contribution in [3.05, 3.63) is 64.7 Å². The van der Waals surface area contributed by atoms with Gasteiger partial charge in [0.2, 0.25) is 0 Å². The van der Waals surface area contributed by atoms with E-state index in [1.165, 1.54) is 40.8 Å². The molecule has 2 nitrogen and oxygen atoms in total. The summed E-state index contributed by atoms with van der Waals surface area (Å²) in [6.07, 6.45) is 2.62. The van der Waals surface area contributed by atoms with Crippen molar-refractivity contribution >= 4 is 5.69 Å². The van der Waals surface area contributed by atoms with Crippen LogP contribution in [0.1, 0.15) is 35.1 Å². The van der Waals surface area contributed by atoms with Gasteiger partial charge in [-0.1, -0.05) is 30.3 Å². The van der Waals surface area contributed by atoms with Crippen LogP contribution in [0.25, 0.3) is 0 Å². The Hall–Kier alpha value is -1.80. The molecule has 1 aliphatic carbocycles. The van der Waals surface area contributed by atoms with Crippen molar-refractivity contribution in [1.82, 2.24) is 0 Å². The first-order valence-corrected chi connectivity index (χ1v) is 7.79. The maximum Gasteiger partial charge on any atom is 0.0432 e. The van der Waals surface area contributed by atoms with Gasteiger partial charge in [0.05, 0.1) is 0 Å². The van der Waals surface area contributed by atoms with Gasteiger partial charge in [-0.2, -0.15) is 0 Å². The molecule has 110 valence electrons. The summed E-state index contributed by atoms with van der Waals surface area (Å²) < 4.78 is 0. The average Bonchev–Trinajstić information content (AvgIpc) is 3.33. The topological polar surface area (TPSA) is 29.3 Å². The number of nitrogens with two attached hydrogens (primary N) is 1. The molecule has 3 rings (SSSR count). The molecular formula is C19H24N2. The summed E-state index contributed by atoms with van der Waals surface area (Å²) in [5.74, 6) is 0. The van der Waals surface area contributed by atoms with E-state index in [2.05, 4.69) is 61.2 Å². The van der Waals surface area contributed by atoms with E-state index >= 15 is 0 Å². The van der Waals surface area contributed by atoms with E-state index in [1.54, 1.807) is 0 Å². The van der Waals surface area contributed by atoms with Crippen LogP contribution in [-0.2, 0) is 13.1 Å². The highest BCUT2D eigenvalue weighted by Crippen LogP contribution is 2.33. The number of hydrogen-bond acceptors (Lipinski definition) is 2.